The van der Waals surface area contributed by atoms with E-state index in [-0.39, 0.29) is 11.8 Å². The molecule has 3 nitrogen and oxygen atoms in total. The second kappa shape index (κ2) is 7.23. The molecule has 4 heteroatoms. The molecule has 0 aromatic rings. The van der Waals surface area contributed by atoms with Gasteiger partial charge in [0.2, 0.25) is 0 Å². The predicted octanol–water partition coefficient (Wildman–Crippen LogP) is 1.72. The maximum Gasteiger partial charge on any atom is 0.151 e. The molecule has 1 unspecified atom stereocenters. The average molecular weight is 221 g/mol. The SMILES string of the molecule is CCCCCS(=O)(=O)CC(N)CCC. The predicted molar refractivity (Wildman–Crippen MR) is 61.1 cm³/mol. The van der Waals surface area contributed by atoms with Crippen LogP contribution in [0.5, 0.6) is 0 Å². The van der Waals surface area contributed by atoms with E-state index in [1.807, 2.05) is 6.92 Å². The molecule has 0 aromatic heterocycles. The Morgan fingerprint density at radius 2 is 1.79 bits per heavy atom. The number of nitrogens with two attached hydrogens (primary N) is 1. The van der Waals surface area contributed by atoms with Crippen LogP contribution in [0.3, 0.4) is 0 Å². The first-order valence-corrected chi connectivity index (χ1v) is 7.30. The normalized spacial score (nSPS) is 14.2. The van der Waals surface area contributed by atoms with Gasteiger partial charge in [-0.3, -0.25) is 0 Å². The van der Waals surface area contributed by atoms with Gasteiger partial charge in [-0.2, -0.15) is 0 Å². The Balaban J connectivity index is 3.82. The molecule has 0 aliphatic carbocycles. The summed E-state index contributed by atoms with van der Waals surface area (Å²) in [7, 11) is -2.90. The molecule has 0 spiro atoms. The second-order valence-corrected chi connectivity index (χ2v) is 6.10. The number of unbranched alkanes of at least 4 members (excludes halogenated alkanes) is 2. The summed E-state index contributed by atoms with van der Waals surface area (Å²) in [6.07, 6.45) is 4.56. The van der Waals surface area contributed by atoms with E-state index in [4.69, 9.17) is 5.73 Å². The Hall–Kier alpha value is -0.0900. The van der Waals surface area contributed by atoms with Crippen molar-refractivity contribution in [1.29, 1.82) is 0 Å². The van der Waals surface area contributed by atoms with Crippen LogP contribution in [-0.4, -0.2) is 26.0 Å². The van der Waals surface area contributed by atoms with Crippen molar-refractivity contribution in [2.45, 2.75) is 52.0 Å². The fourth-order valence-corrected chi connectivity index (χ4v) is 3.07. The van der Waals surface area contributed by atoms with E-state index < -0.39 is 9.84 Å². The van der Waals surface area contributed by atoms with Gasteiger partial charge in [-0.15, -0.1) is 0 Å². The zero-order chi connectivity index (χ0) is 11.0. The van der Waals surface area contributed by atoms with Crippen molar-refractivity contribution in [1.82, 2.24) is 0 Å². The third kappa shape index (κ3) is 7.33. The van der Waals surface area contributed by atoms with Gasteiger partial charge >= 0.3 is 0 Å². The maximum absolute atomic E-state index is 11.5. The summed E-state index contributed by atoms with van der Waals surface area (Å²) in [5.41, 5.74) is 5.70. The summed E-state index contributed by atoms with van der Waals surface area (Å²) < 4.78 is 23.0. The van der Waals surface area contributed by atoms with Crippen LogP contribution in [0.4, 0.5) is 0 Å². The van der Waals surface area contributed by atoms with E-state index in [1.165, 1.54) is 0 Å². The van der Waals surface area contributed by atoms with E-state index in [2.05, 4.69) is 6.92 Å². The molecule has 1 atom stereocenters. The van der Waals surface area contributed by atoms with Crippen LogP contribution >= 0.6 is 0 Å². The zero-order valence-corrected chi connectivity index (χ0v) is 10.1. The first-order valence-electron chi connectivity index (χ1n) is 5.47. The first-order chi connectivity index (χ1) is 6.52. The van der Waals surface area contributed by atoms with Gasteiger partial charge in [0, 0.05) is 6.04 Å². The molecule has 0 fully saturated rings. The van der Waals surface area contributed by atoms with E-state index in [0.29, 0.717) is 5.75 Å². The molecule has 0 saturated heterocycles. The number of rotatable bonds is 8. The lowest BCUT2D eigenvalue weighted by atomic mass is 10.2. The molecule has 0 saturated carbocycles. The lowest BCUT2D eigenvalue weighted by molar-refractivity contribution is 0.573. The van der Waals surface area contributed by atoms with Gasteiger partial charge in [-0.25, -0.2) is 8.42 Å². The molecule has 0 rings (SSSR count). The standard InChI is InChI=1S/C10H23NO2S/c1-3-5-6-8-14(12,13)9-10(11)7-4-2/h10H,3-9,11H2,1-2H3. The van der Waals surface area contributed by atoms with Gasteiger partial charge in [0.25, 0.3) is 0 Å². The highest BCUT2D eigenvalue weighted by molar-refractivity contribution is 7.91. The quantitative estimate of drug-likeness (QED) is 0.635. The number of sulfone groups is 1. The molecular weight excluding hydrogens is 198 g/mol. The minimum absolute atomic E-state index is 0.157. The molecule has 0 heterocycles. The smallest absolute Gasteiger partial charge is 0.151 e. The van der Waals surface area contributed by atoms with Crippen molar-refractivity contribution >= 4 is 9.84 Å². The van der Waals surface area contributed by atoms with E-state index >= 15 is 0 Å². The second-order valence-electron chi connectivity index (χ2n) is 3.87. The molecule has 2 N–H and O–H groups in total. The average Bonchev–Trinajstić information content (AvgIpc) is 2.03. The van der Waals surface area contributed by atoms with Gasteiger partial charge in [-0.1, -0.05) is 33.1 Å². The number of hydrogen-bond acceptors (Lipinski definition) is 3. The third-order valence-corrected chi connectivity index (χ3v) is 4.03. The highest BCUT2D eigenvalue weighted by Gasteiger charge is 2.14. The van der Waals surface area contributed by atoms with Crippen LogP contribution < -0.4 is 5.73 Å². The van der Waals surface area contributed by atoms with Gasteiger partial charge in [0.15, 0.2) is 9.84 Å². The Morgan fingerprint density at radius 1 is 1.14 bits per heavy atom. The van der Waals surface area contributed by atoms with Gasteiger partial charge in [0.05, 0.1) is 11.5 Å². The van der Waals surface area contributed by atoms with E-state index in [0.717, 1.165) is 32.1 Å². The largest absolute Gasteiger partial charge is 0.327 e. The summed E-state index contributed by atoms with van der Waals surface area (Å²) in [5.74, 6) is 0.461. The summed E-state index contributed by atoms with van der Waals surface area (Å²) in [6, 6.07) is -0.174. The van der Waals surface area contributed by atoms with Crippen LogP contribution in [0.2, 0.25) is 0 Å². The van der Waals surface area contributed by atoms with Gasteiger partial charge in [-0.05, 0) is 12.8 Å². The maximum atomic E-state index is 11.5. The molecular formula is C10H23NO2S. The van der Waals surface area contributed by atoms with E-state index in [9.17, 15) is 8.42 Å². The van der Waals surface area contributed by atoms with Gasteiger partial charge in [0.1, 0.15) is 0 Å². The first kappa shape index (κ1) is 13.9. The molecule has 14 heavy (non-hydrogen) atoms. The number of hydrogen-bond donors (Lipinski definition) is 1. The minimum Gasteiger partial charge on any atom is -0.327 e. The molecule has 0 aliphatic heterocycles. The summed E-state index contributed by atoms with van der Waals surface area (Å²) >= 11 is 0. The van der Waals surface area contributed by atoms with Crippen molar-refractivity contribution in [3.05, 3.63) is 0 Å². The fourth-order valence-electron chi connectivity index (χ4n) is 1.44. The van der Waals surface area contributed by atoms with Gasteiger partial charge < -0.3 is 5.73 Å². The minimum atomic E-state index is -2.90. The summed E-state index contributed by atoms with van der Waals surface area (Å²) in [4.78, 5) is 0. The molecule has 0 aromatic carbocycles. The molecule has 0 amide bonds. The highest BCUT2D eigenvalue weighted by atomic mass is 32.2. The van der Waals surface area contributed by atoms with E-state index in [1.54, 1.807) is 0 Å². The zero-order valence-electron chi connectivity index (χ0n) is 9.33. The van der Waals surface area contributed by atoms with Crippen LogP contribution in [-0.2, 0) is 9.84 Å². The monoisotopic (exact) mass is 221 g/mol. The summed E-state index contributed by atoms with van der Waals surface area (Å²) in [6.45, 7) is 4.08. The van der Waals surface area contributed by atoms with Crippen molar-refractivity contribution < 1.29 is 8.42 Å². The Kier molecular flexibility index (Phi) is 7.19. The lowest BCUT2D eigenvalue weighted by Crippen LogP contribution is -2.30. The van der Waals surface area contributed by atoms with Crippen molar-refractivity contribution in [3.8, 4) is 0 Å². The Bertz CT molecular complexity index is 224. The lowest BCUT2D eigenvalue weighted by Gasteiger charge is -2.10. The topological polar surface area (TPSA) is 60.2 Å². The third-order valence-electron chi connectivity index (χ3n) is 2.19. The van der Waals surface area contributed by atoms with Crippen molar-refractivity contribution in [3.63, 3.8) is 0 Å². The molecule has 86 valence electrons. The summed E-state index contributed by atoms with van der Waals surface area (Å²) in [5, 5.41) is 0. The Labute approximate surface area is 88.0 Å². The fraction of sp³-hybridized carbons (Fsp3) is 1.00. The van der Waals surface area contributed by atoms with Crippen LogP contribution in [0.1, 0.15) is 46.0 Å². The molecule has 0 aliphatic rings. The molecule has 0 bridgehead atoms. The van der Waals surface area contributed by atoms with Crippen molar-refractivity contribution in [2.24, 2.45) is 5.73 Å². The molecule has 0 radical (unpaired) electrons. The van der Waals surface area contributed by atoms with Crippen LogP contribution in [0, 0.1) is 0 Å². The van der Waals surface area contributed by atoms with Crippen molar-refractivity contribution in [2.75, 3.05) is 11.5 Å². The highest BCUT2D eigenvalue weighted by Crippen LogP contribution is 2.03. The van der Waals surface area contributed by atoms with Crippen LogP contribution in [0.15, 0.2) is 0 Å². The van der Waals surface area contributed by atoms with Crippen LogP contribution in [0.25, 0.3) is 0 Å². The Morgan fingerprint density at radius 3 is 2.29 bits per heavy atom.